The lowest BCUT2D eigenvalue weighted by Crippen LogP contribution is -2.46. The second-order valence-electron chi connectivity index (χ2n) is 5.01. The summed E-state index contributed by atoms with van der Waals surface area (Å²) in [6.07, 6.45) is 3.36. The average Bonchev–Trinajstić information content (AvgIpc) is 2.36. The SMILES string of the molecule is CNc1cnccc1C(=O)N1CCSC(C)(C)C1. The molecule has 1 N–H and O–H groups in total. The molecule has 1 saturated heterocycles. The fourth-order valence-electron chi connectivity index (χ4n) is 2.14. The average molecular weight is 265 g/mol. The zero-order valence-corrected chi connectivity index (χ0v) is 11.9. The monoisotopic (exact) mass is 265 g/mol. The molecule has 2 rings (SSSR count). The van der Waals surface area contributed by atoms with E-state index in [4.69, 9.17) is 0 Å². The highest BCUT2D eigenvalue weighted by Crippen LogP contribution is 2.30. The number of hydrogen-bond acceptors (Lipinski definition) is 4. The van der Waals surface area contributed by atoms with E-state index < -0.39 is 0 Å². The highest BCUT2D eigenvalue weighted by atomic mass is 32.2. The molecule has 2 heterocycles. The van der Waals surface area contributed by atoms with Gasteiger partial charge in [0.1, 0.15) is 0 Å². The van der Waals surface area contributed by atoms with Crippen LogP contribution in [0.1, 0.15) is 24.2 Å². The molecule has 0 bridgehead atoms. The summed E-state index contributed by atoms with van der Waals surface area (Å²) >= 11 is 1.92. The fourth-order valence-corrected chi connectivity index (χ4v) is 3.25. The van der Waals surface area contributed by atoms with Crippen LogP contribution in [-0.4, -0.2) is 46.4 Å². The van der Waals surface area contributed by atoms with E-state index in [1.165, 1.54) is 0 Å². The number of hydrogen-bond donors (Lipinski definition) is 1. The van der Waals surface area contributed by atoms with Gasteiger partial charge in [-0.25, -0.2) is 0 Å². The van der Waals surface area contributed by atoms with Gasteiger partial charge in [-0.2, -0.15) is 11.8 Å². The van der Waals surface area contributed by atoms with Gasteiger partial charge in [-0.3, -0.25) is 9.78 Å². The highest BCUT2D eigenvalue weighted by molar-refractivity contribution is 8.00. The number of nitrogens with zero attached hydrogens (tertiary/aromatic N) is 2. The van der Waals surface area contributed by atoms with Gasteiger partial charge >= 0.3 is 0 Å². The zero-order valence-electron chi connectivity index (χ0n) is 11.1. The van der Waals surface area contributed by atoms with Crippen molar-refractivity contribution >= 4 is 23.4 Å². The molecule has 5 heteroatoms. The summed E-state index contributed by atoms with van der Waals surface area (Å²) in [5, 5.41) is 3.02. The van der Waals surface area contributed by atoms with Crippen molar-refractivity contribution in [1.82, 2.24) is 9.88 Å². The first-order valence-corrected chi connectivity index (χ1v) is 7.07. The number of thioether (sulfide) groups is 1. The van der Waals surface area contributed by atoms with Crippen LogP contribution in [-0.2, 0) is 0 Å². The summed E-state index contributed by atoms with van der Waals surface area (Å²) in [6.45, 7) is 5.98. The molecule has 0 atom stereocenters. The van der Waals surface area contributed by atoms with Crippen LogP contribution in [0, 0.1) is 0 Å². The van der Waals surface area contributed by atoms with Crippen molar-refractivity contribution in [2.45, 2.75) is 18.6 Å². The highest BCUT2D eigenvalue weighted by Gasteiger charge is 2.30. The molecule has 1 fully saturated rings. The van der Waals surface area contributed by atoms with Crippen molar-refractivity contribution < 1.29 is 4.79 Å². The lowest BCUT2D eigenvalue weighted by Gasteiger charge is -2.37. The summed E-state index contributed by atoms with van der Waals surface area (Å²) in [6, 6.07) is 1.78. The van der Waals surface area contributed by atoms with E-state index in [0.717, 1.165) is 24.5 Å². The number of carbonyl (C=O) groups excluding carboxylic acids is 1. The molecule has 1 aromatic rings. The quantitative estimate of drug-likeness (QED) is 0.889. The maximum Gasteiger partial charge on any atom is 0.256 e. The van der Waals surface area contributed by atoms with Crippen LogP contribution in [0.15, 0.2) is 18.5 Å². The molecule has 1 aromatic heterocycles. The van der Waals surface area contributed by atoms with Crippen LogP contribution < -0.4 is 5.32 Å². The van der Waals surface area contributed by atoms with Gasteiger partial charge in [0.25, 0.3) is 5.91 Å². The minimum Gasteiger partial charge on any atom is -0.386 e. The Kier molecular flexibility index (Phi) is 3.80. The van der Waals surface area contributed by atoms with Crippen LogP contribution >= 0.6 is 11.8 Å². The Morgan fingerprint density at radius 1 is 1.56 bits per heavy atom. The van der Waals surface area contributed by atoms with Gasteiger partial charge < -0.3 is 10.2 Å². The molecule has 0 spiro atoms. The van der Waals surface area contributed by atoms with Gasteiger partial charge in [0.2, 0.25) is 0 Å². The number of pyridine rings is 1. The Labute approximate surface area is 112 Å². The van der Waals surface area contributed by atoms with Crippen LogP contribution in [0.2, 0.25) is 0 Å². The number of nitrogens with one attached hydrogen (secondary N) is 1. The Balaban J connectivity index is 2.20. The molecular weight excluding hydrogens is 246 g/mol. The van der Waals surface area contributed by atoms with E-state index in [-0.39, 0.29) is 10.7 Å². The van der Waals surface area contributed by atoms with Crippen molar-refractivity contribution in [3.8, 4) is 0 Å². The Hall–Kier alpha value is -1.23. The summed E-state index contributed by atoms with van der Waals surface area (Å²) in [5.74, 6) is 1.09. The normalized spacial score (nSPS) is 18.5. The summed E-state index contributed by atoms with van der Waals surface area (Å²) in [5.41, 5.74) is 1.49. The van der Waals surface area contributed by atoms with Crippen LogP contribution in [0.3, 0.4) is 0 Å². The van der Waals surface area contributed by atoms with Gasteiger partial charge in [-0.05, 0) is 19.9 Å². The second kappa shape index (κ2) is 5.18. The Morgan fingerprint density at radius 3 is 3.00 bits per heavy atom. The molecule has 0 aliphatic carbocycles. The minimum absolute atomic E-state index is 0.0927. The molecule has 4 nitrogen and oxygen atoms in total. The van der Waals surface area contributed by atoms with Crippen molar-refractivity contribution in [1.29, 1.82) is 0 Å². The van der Waals surface area contributed by atoms with E-state index in [1.807, 2.05) is 23.7 Å². The second-order valence-corrected chi connectivity index (χ2v) is 6.81. The third-order valence-corrected chi connectivity index (χ3v) is 4.33. The van der Waals surface area contributed by atoms with Crippen molar-refractivity contribution in [2.24, 2.45) is 0 Å². The van der Waals surface area contributed by atoms with Crippen molar-refractivity contribution in [2.75, 3.05) is 31.2 Å². The topological polar surface area (TPSA) is 45.2 Å². The number of carbonyl (C=O) groups is 1. The lowest BCUT2D eigenvalue weighted by atomic mass is 10.1. The van der Waals surface area contributed by atoms with E-state index in [9.17, 15) is 4.79 Å². The van der Waals surface area contributed by atoms with Crippen molar-refractivity contribution in [3.05, 3.63) is 24.0 Å². The number of aromatic nitrogens is 1. The largest absolute Gasteiger partial charge is 0.386 e. The van der Waals surface area contributed by atoms with Crippen LogP contribution in [0.4, 0.5) is 5.69 Å². The predicted molar refractivity (Wildman–Crippen MR) is 76.2 cm³/mol. The van der Waals surface area contributed by atoms with E-state index in [2.05, 4.69) is 24.1 Å². The third-order valence-electron chi connectivity index (χ3n) is 3.03. The molecule has 0 radical (unpaired) electrons. The summed E-state index contributed by atoms with van der Waals surface area (Å²) in [4.78, 5) is 18.5. The molecule has 0 aromatic carbocycles. The molecule has 0 saturated carbocycles. The van der Waals surface area contributed by atoms with E-state index in [0.29, 0.717) is 5.56 Å². The predicted octanol–water partition coefficient (Wildman–Crippen LogP) is 2.09. The zero-order chi connectivity index (χ0) is 13.2. The third kappa shape index (κ3) is 2.77. The van der Waals surface area contributed by atoms with Crippen molar-refractivity contribution in [3.63, 3.8) is 0 Å². The fraction of sp³-hybridized carbons (Fsp3) is 0.538. The number of rotatable bonds is 2. The van der Waals surface area contributed by atoms with E-state index >= 15 is 0 Å². The van der Waals surface area contributed by atoms with Crippen LogP contribution in [0.5, 0.6) is 0 Å². The maximum atomic E-state index is 12.5. The molecule has 18 heavy (non-hydrogen) atoms. The molecule has 0 unspecified atom stereocenters. The smallest absolute Gasteiger partial charge is 0.256 e. The summed E-state index contributed by atoms with van der Waals surface area (Å²) in [7, 11) is 1.81. The van der Waals surface area contributed by atoms with Gasteiger partial charge in [0.15, 0.2) is 0 Å². The maximum absolute atomic E-state index is 12.5. The first-order chi connectivity index (χ1) is 8.53. The van der Waals surface area contributed by atoms with Gasteiger partial charge in [-0.1, -0.05) is 0 Å². The van der Waals surface area contributed by atoms with Gasteiger partial charge in [-0.15, -0.1) is 0 Å². The Morgan fingerprint density at radius 2 is 2.33 bits per heavy atom. The first kappa shape index (κ1) is 13.2. The number of amides is 1. The lowest BCUT2D eigenvalue weighted by molar-refractivity contribution is 0.0749. The van der Waals surface area contributed by atoms with E-state index in [1.54, 1.807) is 18.5 Å². The standard InChI is InChI=1S/C13H19N3OS/c1-13(2)9-16(6-7-18-13)12(17)10-4-5-15-8-11(10)14-3/h4-5,8,14H,6-7,9H2,1-3H3. The van der Waals surface area contributed by atoms with Gasteiger partial charge in [0, 0.05) is 36.8 Å². The Bertz CT molecular complexity index is 448. The first-order valence-electron chi connectivity index (χ1n) is 6.08. The molecule has 1 amide bonds. The number of anilines is 1. The van der Waals surface area contributed by atoms with Gasteiger partial charge in [0.05, 0.1) is 17.4 Å². The molecule has 98 valence electrons. The molecule has 1 aliphatic rings. The van der Waals surface area contributed by atoms with Crippen LogP contribution in [0.25, 0.3) is 0 Å². The molecular formula is C13H19N3OS. The minimum atomic E-state index is 0.0927. The molecule has 1 aliphatic heterocycles. The summed E-state index contributed by atoms with van der Waals surface area (Å²) < 4.78 is 0.140.